The SMILES string of the molecule is CC1(Nc2ncc(N)cc2Br)CCCCC1. The van der Waals surface area contributed by atoms with Gasteiger partial charge in [-0.3, -0.25) is 0 Å². The number of nitrogen functional groups attached to an aromatic ring is 1. The van der Waals surface area contributed by atoms with Gasteiger partial charge in [0.15, 0.2) is 0 Å². The van der Waals surface area contributed by atoms with E-state index >= 15 is 0 Å². The van der Waals surface area contributed by atoms with Crippen molar-refractivity contribution in [3.05, 3.63) is 16.7 Å². The Labute approximate surface area is 105 Å². The number of halogens is 1. The minimum absolute atomic E-state index is 0.184. The molecule has 0 unspecified atom stereocenters. The number of anilines is 2. The lowest BCUT2D eigenvalue weighted by Crippen LogP contribution is -2.37. The predicted molar refractivity (Wildman–Crippen MR) is 71.5 cm³/mol. The fraction of sp³-hybridized carbons (Fsp3) is 0.583. The van der Waals surface area contributed by atoms with Crippen LogP contribution in [0.5, 0.6) is 0 Å². The monoisotopic (exact) mass is 283 g/mol. The zero-order valence-electron chi connectivity index (χ0n) is 9.59. The summed E-state index contributed by atoms with van der Waals surface area (Å²) in [5.41, 5.74) is 6.54. The Kier molecular flexibility index (Phi) is 3.38. The summed E-state index contributed by atoms with van der Waals surface area (Å²) in [6.07, 6.45) is 8.08. The van der Waals surface area contributed by atoms with Gasteiger partial charge in [-0.2, -0.15) is 0 Å². The molecule has 0 aliphatic heterocycles. The van der Waals surface area contributed by atoms with Gasteiger partial charge in [-0.25, -0.2) is 4.98 Å². The molecule has 3 nitrogen and oxygen atoms in total. The molecular weight excluding hydrogens is 266 g/mol. The van der Waals surface area contributed by atoms with Crippen LogP contribution in [-0.2, 0) is 0 Å². The second-order valence-electron chi connectivity index (χ2n) is 4.85. The van der Waals surface area contributed by atoms with E-state index in [1.165, 1.54) is 32.1 Å². The van der Waals surface area contributed by atoms with E-state index in [0.29, 0.717) is 5.69 Å². The Hall–Kier alpha value is -0.770. The molecule has 0 atom stereocenters. The lowest BCUT2D eigenvalue weighted by Gasteiger charge is -2.35. The van der Waals surface area contributed by atoms with Crippen molar-refractivity contribution in [2.45, 2.75) is 44.6 Å². The number of nitrogens with zero attached hydrogens (tertiary/aromatic N) is 1. The molecule has 0 spiro atoms. The molecule has 16 heavy (non-hydrogen) atoms. The smallest absolute Gasteiger partial charge is 0.140 e. The quantitative estimate of drug-likeness (QED) is 0.873. The zero-order valence-corrected chi connectivity index (χ0v) is 11.2. The maximum absolute atomic E-state index is 5.67. The molecular formula is C12H18BrN3. The van der Waals surface area contributed by atoms with Crippen LogP contribution >= 0.6 is 15.9 Å². The van der Waals surface area contributed by atoms with Crippen molar-refractivity contribution < 1.29 is 0 Å². The fourth-order valence-electron chi connectivity index (χ4n) is 2.29. The Morgan fingerprint density at radius 3 is 2.69 bits per heavy atom. The van der Waals surface area contributed by atoms with Crippen molar-refractivity contribution in [2.75, 3.05) is 11.1 Å². The first-order chi connectivity index (χ1) is 7.59. The lowest BCUT2D eigenvalue weighted by molar-refractivity contribution is 0.348. The van der Waals surface area contributed by atoms with Crippen LogP contribution in [-0.4, -0.2) is 10.5 Å². The molecule has 1 aliphatic carbocycles. The van der Waals surface area contributed by atoms with E-state index in [2.05, 4.69) is 33.2 Å². The average molecular weight is 284 g/mol. The number of pyridine rings is 1. The minimum atomic E-state index is 0.184. The van der Waals surface area contributed by atoms with E-state index in [0.717, 1.165) is 10.3 Å². The number of hydrogen-bond donors (Lipinski definition) is 2. The molecule has 1 fully saturated rings. The minimum Gasteiger partial charge on any atom is -0.397 e. The summed E-state index contributed by atoms with van der Waals surface area (Å²) in [4.78, 5) is 4.33. The Balaban J connectivity index is 2.13. The first kappa shape index (κ1) is 11.7. The highest BCUT2D eigenvalue weighted by Gasteiger charge is 2.27. The van der Waals surface area contributed by atoms with Crippen LogP contribution in [0.25, 0.3) is 0 Å². The molecule has 0 saturated heterocycles. The summed E-state index contributed by atoms with van der Waals surface area (Å²) in [5, 5.41) is 3.54. The molecule has 0 bridgehead atoms. The molecule has 88 valence electrons. The second-order valence-corrected chi connectivity index (χ2v) is 5.70. The van der Waals surface area contributed by atoms with E-state index in [9.17, 15) is 0 Å². The summed E-state index contributed by atoms with van der Waals surface area (Å²) >= 11 is 3.49. The van der Waals surface area contributed by atoms with Crippen LogP contribution in [0, 0.1) is 0 Å². The number of hydrogen-bond acceptors (Lipinski definition) is 3. The maximum Gasteiger partial charge on any atom is 0.140 e. The van der Waals surface area contributed by atoms with Crippen molar-refractivity contribution in [1.29, 1.82) is 0 Å². The van der Waals surface area contributed by atoms with Gasteiger partial charge < -0.3 is 11.1 Å². The Bertz CT molecular complexity index is 373. The van der Waals surface area contributed by atoms with Gasteiger partial charge in [0.25, 0.3) is 0 Å². The standard InChI is InChI=1S/C12H18BrN3/c1-12(5-3-2-4-6-12)16-11-10(13)7-9(14)8-15-11/h7-8H,2-6,14H2,1H3,(H,15,16). The predicted octanol–water partition coefficient (Wildman–Crippen LogP) is 3.56. The normalized spacial score (nSPS) is 19.4. The van der Waals surface area contributed by atoms with Crippen LogP contribution in [0.1, 0.15) is 39.0 Å². The molecule has 4 heteroatoms. The van der Waals surface area contributed by atoms with Crippen LogP contribution in [0.4, 0.5) is 11.5 Å². The van der Waals surface area contributed by atoms with Crippen molar-refractivity contribution in [1.82, 2.24) is 4.98 Å². The molecule has 3 N–H and O–H groups in total. The van der Waals surface area contributed by atoms with E-state index in [-0.39, 0.29) is 5.54 Å². The van der Waals surface area contributed by atoms with Crippen LogP contribution in [0.2, 0.25) is 0 Å². The summed E-state index contributed by atoms with van der Waals surface area (Å²) in [6.45, 7) is 2.27. The molecule has 1 aliphatic rings. The number of nitrogens with one attached hydrogen (secondary N) is 1. The van der Waals surface area contributed by atoms with Crippen molar-refractivity contribution in [3.8, 4) is 0 Å². The Morgan fingerprint density at radius 1 is 1.38 bits per heavy atom. The van der Waals surface area contributed by atoms with Crippen LogP contribution < -0.4 is 11.1 Å². The molecule has 0 aromatic carbocycles. The molecule has 2 rings (SSSR count). The Morgan fingerprint density at radius 2 is 2.06 bits per heavy atom. The first-order valence-electron chi connectivity index (χ1n) is 5.78. The number of nitrogens with two attached hydrogens (primary N) is 1. The fourth-order valence-corrected chi connectivity index (χ4v) is 2.75. The molecule has 1 heterocycles. The first-order valence-corrected chi connectivity index (χ1v) is 6.58. The van der Waals surface area contributed by atoms with Gasteiger partial charge in [0.05, 0.1) is 16.4 Å². The molecule has 1 aromatic heterocycles. The highest BCUT2D eigenvalue weighted by Crippen LogP contribution is 2.33. The van der Waals surface area contributed by atoms with E-state index in [1.54, 1.807) is 6.20 Å². The third-order valence-electron chi connectivity index (χ3n) is 3.24. The number of rotatable bonds is 2. The molecule has 0 amide bonds. The van der Waals surface area contributed by atoms with Gasteiger partial charge >= 0.3 is 0 Å². The van der Waals surface area contributed by atoms with E-state index in [4.69, 9.17) is 5.73 Å². The summed E-state index contributed by atoms with van der Waals surface area (Å²) in [5.74, 6) is 0.901. The lowest BCUT2D eigenvalue weighted by atomic mass is 9.83. The van der Waals surface area contributed by atoms with Crippen molar-refractivity contribution in [2.24, 2.45) is 0 Å². The highest BCUT2D eigenvalue weighted by atomic mass is 79.9. The van der Waals surface area contributed by atoms with Crippen molar-refractivity contribution >= 4 is 27.4 Å². The maximum atomic E-state index is 5.67. The van der Waals surface area contributed by atoms with Crippen LogP contribution in [0.15, 0.2) is 16.7 Å². The largest absolute Gasteiger partial charge is 0.397 e. The molecule has 1 saturated carbocycles. The van der Waals surface area contributed by atoms with Gasteiger partial charge in [0.1, 0.15) is 5.82 Å². The van der Waals surface area contributed by atoms with Gasteiger partial charge in [-0.05, 0) is 41.8 Å². The third-order valence-corrected chi connectivity index (χ3v) is 3.84. The summed E-state index contributed by atoms with van der Waals surface area (Å²) in [7, 11) is 0. The van der Waals surface area contributed by atoms with Gasteiger partial charge in [0, 0.05) is 5.54 Å². The number of aromatic nitrogens is 1. The van der Waals surface area contributed by atoms with Crippen molar-refractivity contribution in [3.63, 3.8) is 0 Å². The summed E-state index contributed by atoms with van der Waals surface area (Å²) < 4.78 is 0.944. The third kappa shape index (κ3) is 2.67. The topological polar surface area (TPSA) is 50.9 Å². The van der Waals surface area contributed by atoms with Crippen LogP contribution in [0.3, 0.4) is 0 Å². The van der Waals surface area contributed by atoms with Gasteiger partial charge in [0.2, 0.25) is 0 Å². The summed E-state index contributed by atoms with van der Waals surface area (Å²) in [6, 6.07) is 1.89. The van der Waals surface area contributed by atoms with Gasteiger partial charge in [-0.15, -0.1) is 0 Å². The average Bonchev–Trinajstić information content (AvgIpc) is 2.23. The zero-order chi connectivity index (χ0) is 11.6. The van der Waals surface area contributed by atoms with E-state index in [1.807, 2.05) is 6.07 Å². The van der Waals surface area contributed by atoms with E-state index < -0.39 is 0 Å². The second kappa shape index (κ2) is 4.62. The van der Waals surface area contributed by atoms with Gasteiger partial charge in [-0.1, -0.05) is 19.3 Å². The molecule has 0 radical (unpaired) electrons. The molecule has 1 aromatic rings. The highest BCUT2D eigenvalue weighted by molar-refractivity contribution is 9.10.